The highest BCUT2D eigenvalue weighted by Gasteiger charge is 2.06. The van der Waals surface area contributed by atoms with Crippen LogP contribution in [0, 0.1) is 0 Å². The van der Waals surface area contributed by atoms with Gasteiger partial charge in [0.25, 0.3) is 0 Å². The number of aromatic amines is 1. The van der Waals surface area contributed by atoms with Crippen LogP contribution < -0.4 is 10.6 Å². The number of para-hydroxylation sites is 2. The van der Waals surface area contributed by atoms with Crippen LogP contribution in [0.5, 0.6) is 0 Å². The molecule has 0 saturated heterocycles. The lowest BCUT2D eigenvalue weighted by atomic mass is 10.2. The average molecular weight is 348 g/mol. The van der Waals surface area contributed by atoms with Crippen LogP contribution in [0.1, 0.15) is 4.88 Å². The summed E-state index contributed by atoms with van der Waals surface area (Å²) in [5.41, 5.74) is 3.66. The van der Waals surface area contributed by atoms with Gasteiger partial charge in [0.15, 0.2) is 0 Å². The number of carbonyl (C=O) groups excluding carboxylic acids is 1. The zero-order valence-electron chi connectivity index (χ0n) is 13.3. The fraction of sp³-hybridized carbons (Fsp3) is 0.0526. The first-order chi connectivity index (χ1) is 12.3. The van der Waals surface area contributed by atoms with Gasteiger partial charge in [-0.3, -0.25) is 0 Å². The maximum Gasteiger partial charge on any atom is 0.319 e. The first kappa shape index (κ1) is 15.4. The Morgan fingerprint density at radius 3 is 2.64 bits per heavy atom. The summed E-state index contributed by atoms with van der Waals surface area (Å²) in [4.78, 5) is 20.9. The van der Waals surface area contributed by atoms with E-state index in [1.54, 1.807) is 11.3 Å². The maximum absolute atomic E-state index is 11.9. The van der Waals surface area contributed by atoms with Crippen molar-refractivity contribution in [3.8, 4) is 11.4 Å². The number of nitrogens with zero attached hydrogens (tertiary/aromatic N) is 1. The third-order valence-corrected chi connectivity index (χ3v) is 4.69. The number of amides is 2. The second-order valence-electron chi connectivity index (χ2n) is 5.57. The molecule has 0 spiro atoms. The summed E-state index contributed by atoms with van der Waals surface area (Å²) >= 11 is 1.62. The number of imidazole rings is 1. The zero-order chi connectivity index (χ0) is 17.1. The molecule has 4 rings (SSSR count). The predicted octanol–water partition coefficient (Wildman–Crippen LogP) is 4.61. The van der Waals surface area contributed by atoms with E-state index < -0.39 is 0 Å². The third kappa shape index (κ3) is 3.54. The van der Waals surface area contributed by atoms with Gasteiger partial charge >= 0.3 is 6.03 Å². The zero-order valence-corrected chi connectivity index (χ0v) is 14.1. The second-order valence-corrected chi connectivity index (χ2v) is 6.60. The molecule has 5 nitrogen and oxygen atoms in total. The Hall–Kier alpha value is -3.12. The van der Waals surface area contributed by atoms with Crippen molar-refractivity contribution in [3.05, 3.63) is 70.9 Å². The van der Waals surface area contributed by atoms with Gasteiger partial charge in [-0.2, -0.15) is 0 Å². The van der Waals surface area contributed by atoms with Crippen molar-refractivity contribution in [2.45, 2.75) is 6.54 Å². The summed E-state index contributed by atoms with van der Waals surface area (Å²) in [6, 6.07) is 19.3. The number of hydrogen-bond donors (Lipinski definition) is 3. The molecule has 2 aromatic carbocycles. The minimum absolute atomic E-state index is 0.218. The molecule has 0 bridgehead atoms. The Kier molecular flexibility index (Phi) is 4.18. The minimum atomic E-state index is -0.218. The molecular weight excluding hydrogens is 332 g/mol. The summed E-state index contributed by atoms with van der Waals surface area (Å²) < 4.78 is 0. The van der Waals surface area contributed by atoms with Crippen LogP contribution in [0.4, 0.5) is 10.5 Å². The van der Waals surface area contributed by atoms with Crippen LogP contribution in [0.25, 0.3) is 22.4 Å². The molecule has 6 heteroatoms. The topological polar surface area (TPSA) is 69.8 Å². The predicted molar refractivity (Wildman–Crippen MR) is 102 cm³/mol. The number of thiophene rings is 1. The maximum atomic E-state index is 11.9. The molecule has 2 heterocycles. The number of urea groups is 1. The highest BCUT2D eigenvalue weighted by atomic mass is 32.1. The number of carbonyl (C=O) groups is 1. The molecule has 124 valence electrons. The number of hydrogen-bond acceptors (Lipinski definition) is 3. The van der Waals surface area contributed by atoms with Gasteiger partial charge in [0.2, 0.25) is 0 Å². The van der Waals surface area contributed by atoms with E-state index in [-0.39, 0.29) is 6.03 Å². The van der Waals surface area contributed by atoms with Crippen molar-refractivity contribution in [1.29, 1.82) is 0 Å². The van der Waals surface area contributed by atoms with Crippen molar-refractivity contribution in [3.63, 3.8) is 0 Å². The largest absolute Gasteiger partial charge is 0.338 e. The van der Waals surface area contributed by atoms with Gasteiger partial charge in [0.1, 0.15) is 5.82 Å². The van der Waals surface area contributed by atoms with Gasteiger partial charge in [0, 0.05) is 16.1 Å². The molecule has 4 aromatic rings. The van der Waals surface area contributed by atoms with Crippen LogP contribution in [-0.4, -0.2) is 16.0 Å². The molecule has 0 aliphatic rings. The number of aromatic nitrogens is 2. The SMILES string of the molecule is O=C(NCc1cccs1)Nc1ccc(-c2nc3ccccc3[nH]2)cc1. The number of fused-ring (bicyclic) bond motifs is 1. The smallest absolute Gasteiger partial charge is 0.319 e. The molecule has 0 fully saturated rings. The first-order valence-electron chi connectivity index (χ1n) is 7.90. The second kappa shape index (κ2) is 6.78. The van der Waals surface area contributed by atoms with E-state index in [1.807, 2.05) is 66.0 Å². The van der Waals surface area contributed by atoms with Crippen molar-refractivity contribution < 1.29 is 4.79 Å². The number of H-pyrrole nitrogens is 1. The lowest BCUT2D eigenvalue weighted by molar-refractivity contribution is 0.252. The molecule has 0 aliphatic heterocycles. The van der Waals surface area contributed by atoms with E-state index in [1.165, 1.54) is 0 Å². The van der Waals surface area contributed by atoms with Crippen molar-refractivity contribution in [2.75, 3.05) is 5.32 Å². The lowest BCUT2D eigenvalue weighted by Crippen LogP contribution is -2.27. The van der Waals surface area contributed by atoms with Crippen LogP contribution in [0.2, 0.25) is 0 Å². The number of benzene rings is 2. The lowest BCUT2D eigenvalue weighted by Gasteiger charge is -2.07. The Morgan fingerprint density at radius 1 is 1.04 bits per heavy atom. The van der Waals surface area contributed by atoms with E-state index in [4.69, 9.17) is 0 Å². The van der Waals surface area contributed by atoms with Gasteiger partial charge in [0.05, 0.1) is 17.6 Å². The Bertz CT molecular complexity index is 957. The highest BCUT2D eigenvalue weighted by molar-refractivity contribution is 7.09. The summed E-state index contributed by atoms with van der Waals surface area (Å²) in [6.45, 7) is 0.528. The number of rotatable bonds is 4. The standard InChI is InChI=1S/C19H16N4OS/c24-19(20-12-15-4-3-11-25-15)21-14-9-7-13(8-10-14)18-22-16-5-1-2-6-17(16)23-18/h1-11H,12H2,(H,22,23)(H2,20,21,24). The summed E-state index contributed by atoms with van der Waals surface area (Å²) in [6.07, 6.45) is 0. The summed E-state index contributed by atoms with van der Waals surface area (Å²) in [7, 11) is 0. The first-order valence-corrected chi connectivity index (χ1v) is 8.78. The molecule has 3 N–H and O–H groups in total. The molecule has 0 atom stereocenters. The molecule has 0 aliphatic carbocycles. The van der Waals surface area contributed by atoms with Crippen LogP contribution >= 0.6 is 11.3 Å². The van der Waals surface area contributed by atoms with Crippen LogP contribution in [-0.2, 0) is 6.54 Å². The third-order valence-electron chi connectivity index (χ3n) is 3.81. The highest BCUT2D eigenvalue weighted by Crippen LogP contribution is 2.22. The van der Waals surface area contributed by atoms with Gasteiger partial charge in [-0.15, -0.1) is 11.3 Å². The van der Waals surface area contributed by atoms with Crippen molar-refractivity contribution in [2.24, 2.45) is 0 Å². The van der Waals surface area contributed by atoms with E-state index >= 15 is 0 Å². The van der Waals surface area contributed by atoms with Gasteiger partial charge in [-0.25, -0.2) is 9.78 Å². The normalized spacial score (nSPS) is 10.7. The van der Waals surface area contributed by atoms with Gasteiger partial charge in [-0.1, -0.05) is 18.2 Å². The fourth-order valence-corrected chi connectivity index (χ4v) is 3.20. The number of anilines is 1. The summed E-state index contributed by atoms with van der Waals surface area (Å²) in [5.74, 6) is 0.815. The molecule has 0 radical (unpaired) electrons. The molecule has 2 amide bonds. The van der Waals surface area contributed by atoms with E-state index in [0.29, 0.717) is 6.54 Å². The Balaban J connectivity index is 1.42. The Morgan fingerprint density at radius 2 is 1.88 bits per heavy atom. The van der Waals surface area contributed by atoms with E-state index in [2.05, 4.69) is 20.6 Å². The van der Waals surface area contributed by atoms with Crippen molar-refractivity contribution >= 4 is 34.1 Å². The van der Waals surface area contributed by atoms with Gasteiger partial charge < -0.3 is 15.6 Å². The summed E-state index contributed by atoms with van der Waals surface area (Å²) in [5, 5.41) is 7.66. The monoisotopic (exact) mass is 348 g/mol. The van der Waals surface area contributed by atoms with Crippen LogP contribution in [0.3, 0.4) is 0 Å². The quantitative estimate of drug-likeness (QED) is 0.504. The molecule has 2 aromatic heterocycles. The Labute approximate surface area is 148 Å². The minimum Gasteiger partial charge on any atom is -0.338 e. The van der Waals surface area contributed by atoms with E-state index in [0.717, 1.165) is 33.0 Å². The van der Waals surface area contributed by atoms with E-state index in [9.17, 15) is 4.79 Å². The van der Waals surface area contributed by atoms with Gasteiger partial charge in [-0.05, 0) is 47.8 Å². The van der Waals surface area contributed by atoms with Crippen LogP contribution in [0.15, 0.2) is 66.0 Å². The number of nitrogens with one attached hydrogen (secondary N) is 3. The molecule has 0 unspecified atom stereocenters. The average Bonchev–Trinajstić information content (AvgIpc) is 3.30. The molecule has 0 saturated carbocycles. The molecular formula is C19H16N4OS. The molecule has 25 heavy (non-hydrogen) atoms. The fourth-order valence-electron chi connectivity index (χ4n) is 2.56. The van der Waals surface area contributed by atoms with Crippen molar-refractivity contribution in [1.82, 2.24) is 15.3 Å².